The van der Waals surface area contributed by atoms with Crippen LogP contribution in [0.3, 0.4) is 0 Å². The first-order chi connectivity index (χ1) is 9.24. The molecule has 0 amide bonds. The minimum atomic E-state index is -4.28. The van der Waals surface area contributed by atoms with E-state index >= 15 is 0 Å². The van der Waals surface area contributed by atoms with Crippen LogP contribution >= 0.6 is 11.6 Å². The van der Waals surface area contributed by atoms with Crippen molar-refractivity contribution in [2.75, 3.05) is 20.3 Å². The molecule has 0 saturated heterocycles. The van der Waals surface area contributed by atoms with Crippen molar-refractivity contribution in [2.45, 2.75) is 32.5 Å². The molecule has 114 valence electrons. The lowest BCUT2D eigenvalue weighted by atomic mass is 9.99. The Morgan fingerprint density at radius 2 is 1.85 bits per heavy atom. The van der Waals surface area contributed by atoms with Gasteiger partial charge in [0.05, 0.1) is 0 Å². The van der Waals surface area contributed by atoms with Gasteiger partial charge in [0, 0.05) is 17.7 Å². The predicted octanol–water partition coefficient (Wildman–Crippen LogP) is 4.19. The summed E-state index contributed by atoms with van der Waals surface area (Å²) in [6, 6.07) is 3.70. The first-order valence-electron chi connectivity index (χ1n) is 6.33. The van der Waals surface area contributed by atoms with Crippen LogP contribution < -0.4 is 5.32 Å². The molecule has 1 aromatic carbocycles. The van der Waals surface area contributed by atoms with Crippen molar-refractivity contribution in [3.63, 3.8) is 0 Å². The van der Waals surface area contributed by atoms with E-state index in [4.69, 9.17) is 11.6 Å². The third kappa shape index (κ3) is 5.31. The minimum absolute atomic E-state index is 0.0221. The normalized spacial score (nSPS) is 13.6. The van der Waals surface area contributed by atoms with E-state index in [1.165, 1.54) is 0 Å². The molecule has 1 rings (SSSR count). The van der Waals surface area contributed by atoms with Gasteiger partial charge in [-0.15, -0.1) is 0 Å². The topological polar surface area (TPSA) is 21.3 Å². The van der Waals surface area contributed by atoms with Crippen molar-refractivity contribution in [1.82, 2.24) is 5.32 Å². The van der Waals surface area contributed by atoms with Crippen molar-refractivity contribution >= 4 is 11.6 Å². The molecule has 0 aliphatic carbocycles. The molecular weight excluding hydrogens is 291 g/mol. The van der Waals surface area contributed by atoms with Gasteiger partial charge in [-0.1, -0.05) is 17.7 Å². The van der Waals surface area contributed by atoms with Gasteiger partial charge >= 0.3 is 6.18 Å². The zero-order valence-corrected chi connectivity index (χ0v) is 12.5. The minimum Gasteiger partial charge on any atom is -0.372 e. The van der Waals surface area contributed by atoms with E-state index in [2.05, 4.69) is 10.1 Å². The van der Waals surface area contributed by atoms with E-state index in [1.807, 2.05) is 26.0 Å². The zero-order valence-electron chi connectivity index (χ0n) is 11.8. The largest absolute Gasteiger partial charge is 0.411 e. The molecule has 0 radical (unpaired) electrons. The molecule has 0 bridgehead atoms. The SMILES string of the molecule is CNC(CCOCC(F)(F)F)c1cc(C)c(C)cc1Cl. The molecule has 6 heteroatoms. The van der Waals surface area contributed by atoms with Crippen molar-refractivity contribution in [1.29, 1.82) is 0 Å². The van der Waals surface area contributed by atoms with E-state index in [0.717, 1.165) is 16.7 Å². The number of hydrogen-bond acceptors (Lipinski definition) is 2. The summed E-state index contributed by atoms with van der Waals surface area (Å²) in [6.07, 6.45) is -3.86. The molecule has 1 N–H and O–H groups in total. The number of rotatable bonds is 6. The number of aryl methyl sites for hydroxylation is 2. The highest BCUT2D eigenvalue weighted by Crippen LogP contribution is 2.28. The van der Waals surface area contributed by atoms with Gasteiger partial charge in [-0.05, 0) is 50.1 Å². The van der Waals surface area contributed by atoms with E-state index in [1.54, 1.807) is 7.05 Å². The summed E-state index contributed by atoms with van der Waals surface area (Å²) in [6.45, 7) is 2.74. The van der Waals surface area contributed by atoms with Gasteiger partial charge in [0.15, 0.2) is 0 Å². The molecule has 0 fully saturated rings. The van der Waals surface area contributed by atoms with Gasteiger partial charge in [-0.25, -0.2) is 0 Å². The molecule has 1 aromatic rings. The number of benzene rings is 1. The Kier molecular flexibility index (Phi) is 6.30. The number of alkyl halides is 3. The van der Waals surface area contributed by atoms with Crippen molar-refractivity contribution in [3.8, 4) is 0 Å². The van der Waals surface area contributed by atoms with Crippen molar-refractivity contribution in [2.24, 2.45) is 0 Å². The van der Waals surface area contributed by atoms with Gasteiger partial charge in [-0.3, -0.25) is 0 Å². The molecule has 0 spiro atoms. The molecule has 0 saturated carbocycles. The van der Waals surface area contributed by atoms with Gasteiger partial charge in [0.1, 0.15) is 6.61 Å². The lowest BCUT2D eigenvalue weighted by Crippen LogP contribution is -2.22. The fraction of sp³-hybridized carbons (Fsp3) is 0.571. The maximum absolute atomic E-state index is 12.0. The number of halogens is 4. The Balaban J connectivity index is 2.65. The standard InChI is InChI=1S/C14H19ClF3NO/c1-9-6-11(12(15)7-10(9)2)13(19-3)4-5-20-8-14(16,17)18/h6-7,13,19H,4-5,8H2,1-3H3. The molecule has 0 aliphatic heterocycles. The molecule has 1 atom stereocenters. The summed E-state index contributed by atoms with van der Waals surface area (Å²) >= 11 is 6.20. The Hall–Kier alpha value is -0.780. The van der Waals surface area contributed by atoms with Crippen LogP contribution in [0.2, 0.25) is 5.02 Å². The Morgan fingerprint density at radius 1 is 1.25 bits per heavy atom. The monoisotopic (exact) mass is 309 g/mol. The van der Waals surface area contributed by atoms with Crippen LogP contribution in [-0.2, 0) is 4.74 Å². The molecule has 0 aliphatic rings. The highest BCUT2D eigenvalue weighted by atomic mass is 35.5. The van der Waals surface area contributed by atoms with Crippen molar-refractivity contribution in [3.05, 3.63) is 33.8 Å². The summed E-state index contributed by atoms with van der Waals surface area (Å²) in [5.74, 6) is 0. The Bertz CT molecular complexity index is 449. The van der Waals surface area contributed by atoms with Crippen LogP contribution in [0, 0.1) is 13.8 Å². The number of ether oxygens (including phenoxy) is 1. The van der Waals surface area contributed by atoms with Gasteiger partial charge in [0.25, 0.3) is 0 Å². The summed E-state index contributed by atoms with van der Waals surface area (Å²) in [5.41, 5.74) is 3.07. The van der Waals surface area contributed by atoms with Crippen molar-refractivity contribution < 1.29 is 17.9 Å². The van der Waals surface area contributed by atoms with Gasteiger partial charge < -0.3 is 10.1 Å². The molecule has 1 unspecified atom stereocenters. The maximum Gasteiger partial charge on any atom is 0.411 e. The van der Waals surface area contributed by atoms with E-state index in [9.17, 15) is 13.2 Å². The second kappa shape index (κ2) is 7.29. The smallest absolute Gasteiger partial charge is 0.372 e. The molecule has 20 heavy (non-hydrogen) atoms. The van der Waals surface area contributed by atoms with Gasteiger partial charge in [-0.2, -0.15) is 13.2 Å². The zero-order chi connectivity index (χ0) is 15.3. The first-order valence-corrected chi connectivity index (χ1v) is 6.71. The van der Waals surface area contributed by atoms with Crippen LogP contribution in [0.15, 0.2) is 12.1 Å². The molecule has 2 nitrogen and oxygen atoms in total. The molecule has 0 heterocycles. The molecule has 0 aromatic heterocycles. The van der Waals surface area contributed by atoms with Crippen LogP contribution in [0.1, 0.15) is 29.2 Å². The summed E-state index contributed by atoms with van der Waals surface area (Å²) < 4.78 is 40.6. The maximum atomic E-state index is 12.0. The summed E-state index contributed by atoms with van der Waals surface area (Å²) in [7, 11) is 1.75. The highest BCUT2D eigenvalue weighted by molar-refractivity contribution is 6.31. The van der Waals surface area contributed by atoms with Gasteiger partial charge in [0.2, 0.25) is 0 Å². The number of nitrogens with one attached hydrogen (secondary N) is 1. The number of hydrogen-bond donors (Lipinski definition) is 1. The summed E-state index contributed by atoms with van der Waals surface area (Å²) in [5, 5.41) is 3.67. The average molecular weight is 310 g/mol. The van der Waals surface area contributed by atoms with Crippen LogP contribution in [0.4, 0.5) is 13.2 Å². The fourth-order valence-electron chi connectivity index (χ4n) is 1.91. The van der Waals surface area contributed by atoms with Crippen LogP contribution in [0.25, 0.3) is 0 Å². The van der Waals surface area contributed by atoms with Crippen LogP contribution in [0.5, 0.6) is 0 Å². The van der Waals surface area contributed by atoms with E-state index < -0.39 is 12.8 Å². The second-order valence-corrected chi connectivity index (χ2v) is 5.16. The van der Waals surface area contributed by atoms with Crippen LogP contribution in [-0.4, -0.2) is 26.4 Å². The average Bonchev–Trinajstić information content (AvgIpc) is 2.33. The highest BCUT2D eigenvalue weighted by Gasteiger charge is 2.27. The Labute approximate surface area is 122 Å². The lowest BCUT2D eigenvalue weighted by Gasteiger charge is -2.19. The predicted molar refractivity (Wildman–Crippen MR) is 74.2 cm³/mol. The fourth-order valence-corrected chi connectivity index (χ4v) is 2.26. The first kappa shape index (κ1) is 17.3. The second-order valence-electron chi connectivity index (χ2n) is 4.76. The quantitative estimate of drug-likeness (QED) is 0.796. The summed E-state index contributed by atoms with van der Waals surface area (Å²) in [4.78, 5) is 0. The third-order valence-corrected chi connectivity index (χ3v) is 3.48. The van der Waals surface area contributed by atoms with E-state index in [-0.39, 0.29) is 12.6 Å². The lowest BCUT2D eigenvalue weighted by molar-refractivity contribution is -0.174. The third-order valence-electron chi connectivity index (χ3n) is 3.15. The Morgan fingerprint density at radius 3 is 2.40 bits per heavy atom. The van der Waals surface area contributed by atoms with E-state index in [0.29, 0.717) is 11.4 Å². The molecular formula is C14H19ClF3NO.